The fourth-order valence-electron chi connectivity index (χ4n) is 5.49. The van der Waals surface area contributed by atoms with Crippen molar-refractivity contribution in [2.75, 3.05) is 32.6 Å². The van der Waals surface area contributed by atoms with Gasteiger partial charge in [-0.3, -0.25) is 19.5 Å². The normalized spacial score (nSPS) is 12.9. The lowest BCUT2D eigenvalue weighted by Gasteiger charge is -2.29. The summed E-state index contributed by atoms with van der Waals surface area (Å²) in [4.78, 5) is 41.5. The summed E-state index contributed by atoms with van der Waals surface area (Å²) in [6.45, 7) is 2.74. The molecule has 2 amide bonds. The number of para-hydroxylation sites is 2. The van der Waals surface area contributed by atoms with Crippen molar-refractivity contribution in [3.8, 4) is 22.9 Å². The Morgan fingerprint density at radius 3 is 2.30 bits per heavy atom. The minimum atomic E-state index is -0.750. The molecule has 0 saturated heterocycles. The number of rotatable bonds is 9. The maximum Gasteiger partial charge on any atom is 0.269 e. The van der Waals surface area contributed by atoms with Crippen molar-refractivity contribution in [3.63, 3.8) is 0 Å². The van der Waals surface area contributed by atoms with Crippen molar-refractivity contribution in [2.24, 2.45) is 5.73 Å². The molecule has 3 heterocycles. The van der Waals surface area contributed by atoms with Gasteiger partial charge in [-0.25, -0.2) is 9.97 Å². The van der Waals surface area contributed by atoms with Crippen molar-refractivity contribution in [3.05, 3.63) is 107 Å². The van der Waals surface area contributed by atoms with Crippen LogP contribution < -0.4 is 20.5 Å². The summed E-state index contributed by atoms with van der Waals surface area (Å²) >= 11 is 0. The van der Waals surface area contributed by atoms with Crippen molar-refractivity contribution in [1.82, 2.24) is 19.9 Å². The van der Waals surface area contributed by atoms with Crippen LogP contribution >= 0.6 is 0 Å². The zero-order chi connectivity index (χ0) is 30.6. The molecule has 3 N–H and O–H groups in total. The Hall–Kier alpha value is -5.35. The summed E-state index contributed by atoms with van der Waals surface area (Å²) in [7, 11) is 3.32. The van der Waals surface area contributed by atoms with E-state index in [9.17, 15) is 9.59 Å². The van der Waals surface area contributed by atoms with Crippen molar-refractivity contribution < 1.29 is 19.1 Å². The van der Waals surface area contributed by atoms with Gasteiger partial charge in [0.25, 0.3) is 11.8 Å². The summed E-state index contributed by atoms with van der Waals surface area (Å²) in [5.41, 5.74) is 11.7. The summed E-state index contributed by atoms with van der Waals surface area (Å²) in [6, 6.07) is 22.4. The molecule has 5 aromatic rings. The summed E-state index contributed by atoms with van der Waals surface area (Å²) in [6.07, 6.45) is 3.37. The van der Waals surface area contributed by atoms with Gasteiger partial charge in [0, 0.05) is 31.5 Å². The van der Waals surface area contributed by atoms with E-state index in [1.54, 1.807) is 44.6 Å². The number of ether oxygens (including phenoxy) is 2. The predicted octanol–water partition coefficient (Wildman–Crippen LogP) is 4.66. The first-order valence-corrected chi connectivity index (χ1v) is 14.3. The number of amides is 2. The van der Waals surface area contributed by atoms with Crippen LogP contribution in [0, 0.1) is 0 Å². The molecule has 0 aliphatic carbocycles. The van der Waals surface area contributed by atoms with Crippen LogP contribution in [0.3, 0.4) is 0 Å². The molecule has 0 atom stereocenters. The molecule has 2 aromatic heterocycles. The molecule has 0 bridgehead atoms. The monoisotopic (exact) mass is 588 g/mol. The van der Waals surface area contributed by atoms with E-state index >= 15 is 0 Å². The van der Waals surface area contributed by atoms with Gasteiger partial charge in [0.05, 0.1) is 30.8 Å². The number of nitrogens with two attached hydrogens (primary N) is 1. The average Bonchev–Trinajstić information content (AvgIpc) is 3.06. The first-order valence-electron chi connectivity index (χ1n) is 14.3. The number of nitrogens with one attached hydrogen (secondary N) is 1. The number of methoxy groups -OCH3 is 2. The molecule has 3 aromatic carbocycles. The van der Waals surface area contributed by atoms with E-state index in [2.05, 4.69) is 37.3 Å². The number of pyridine rings is 1. The Kier molecular flexibility index (Phi) is 8.16. The molecule has 0 radical (unpaired) electrons. The number of fused-ring (bicyclic) bond motifs is 2. The third-order valence-electron chi connectivity index (χ3n) is 7.81. The average molecular weight is 589 g/mol. The second-order valence-corrected chi connectivity index (χ2v) is 10.6. The second-order valence-electron chi connectivity index (χ2n) is 10.6. The Bertz CT molecular complexity index is 1860. The Morgan fingerprint density at radius 2 is 1.59 bits per heavy atom. The zero-order valence-corrected chi connectivity index (χ0v) is 24.5. The van der Waals surface area contributed by atoms with Gasteiger partial charge in [0.2, 0.25) is 0 Å². The van der Waals surface area contributed by atoms with Gasteiger partial charge in [0.15, 0.2) is 17.2 Å². The molecule has 0 unspecified atom stereocenters. The van der Waals surface area contributed by atoms with Gasteiger partial charge >= 0.3 is 0 Å². The predicted molar refractivity (Wildman–Crippen MR) is 168 cm³/mol. The highest BCUT2D eigenvalue weighted by molar-refractivity contribution is 6.09. The third kappa shape index (κ3) is 5.93. The highest BCUT2D eigenvalue weighted by Gasteiger charge is 2.23. The molecule has 0 saturated carbocycles. The van der Waals surface area contributed by atoms with Gasteiger partial charge in [-0.2, -0.15) is 0 Å². The minimum Gasteiger partial charge on any atom is -0.493 e. The van der Waals surface area contributed by atoms with Gasteiger partial charge in [-0.1, -0.05) is 24.3 Å². The zero-order valence-electron chi connectivity index (χ0n) is 24.5. The molecule has 222 valence electrons. The van der Waals surface area contributed by atoms with E-state index in [1.165, 1.54) is 22.9 Å². The maximum absolute atomic E-state index is 13.4. The lowest BCUT2D eigenvalue weighted by Crippen LogP contribution is -2.32. The van der Waals surface area contributed by atoms with Gasteiger partial charge in [0.1, 0.15) is 11.4 Å². The number of anilines is 1. The smallest absolute Gasteiger partial charge is 0.269 e. The van der Waals surface area contributed by atoms with Crippen LogP contribution in [0.4, 0.5) is 5.69 Å². The molecular weight excluding hydrogens is 556 g/mol. The Balaban J connectivity index is 1.13. The van der Waals surface area contributed by atoms with E-state index in [0.29, 0.717) is 16.7 Å². The number of carbonyl (C=O) groups is 2. The van der Waals surface area contributed by atoms with Crippen LogP contribution in [0.25, 0.3) is 22.4 Å². The molecule has 6 rings (SSSR count). The summed E-state index contributed by atoms with van der Waals surface area (Å²) in [5, 5.41) is 2.94. The molecule has 44 heavy (non-hydrogen) atoms. The topological polar surface area (TPSA) is 133 Å². The van der Waals surface area contributed by atoms with Crippen LogP contribution in [0.2, 0.25) is 0 Å². The lowest BCUT2D eigenvalue weighted by molar-refractivity contribution is 0.0992. The van der Waals surface area contributed by atoms with E-state index < -0.39 is 5.91 Å². The fourth-order valence-corrected chi connectivity index (χ4v) is 5.49. The Morgan fingerprint density at radius 1 is 0.886 bits per heavy atom. The molecule has 10 heteroatoms. The van der Waals surface area contributed by atoms with Crippen molar-refractivity contribution in [2.45, 2.75) is 19.4 Å². The SMILES string of the molecule is COc1cc2c(cc1OC)CN(CCc1ccc(NC(=O)c3cccnc3-c3nc4ccccc4nc3C(N)=O)cc1)CC2. The first-order chi connectivity index (χ1) is 21.4. The quantitative estimate of drug-likeness (QED) is 0.254. The maximum atomic E-state index is 13.4. The summed E-state index contributed by atoms with van der Waals surface area (Å²) in [5.74, 6) is 0.386. The van der Waals surface area contributed by atoms with Crippen molar-refractivity contribution in [1.29, 1.82) is 0 Å². The summed E-state index contributed by atoms with van der Waals surface area (Å²) < 4.78 is 10.9. The molecule has 0 spiro atoms. The van der Waals surface area contributed by atoms with Crippen LogP contribution in [-0.2, 0) is 19.4 Å². The number of carbonyl (C=O) groups excluding carboxylic acids is 2. The lowest BCUT2D eigenvalue weighted by atomic mass is 9.98. The van der Waals surface area contributed by atoms with Gasteiger partial charge in [-0.05, 0) is 78.1 Å². The molecular formula is C34H32N6O4. The largest absolute Gasteiger partial charge is 0.493 e. The highest BCUT2D eigenvalue weighted by atomic mass is 16.5. The molecule has 0 fully saturated rings. The standard InChI is InChI=1S/C34H32N6O4/c1-43-28-18-22-14-17-40(20-23(22)19-29(28)44-2)16-13-21-9-11-24(12-10-21)37-34(42)25-6-5-15-36-30(25)31-32(33(35)41)39-27-8-4-3-7-26(27)38-31/h3-12,15,18-19H,13-14,16-17,20H2,1-2H3,(H2,35,41)(H,37,42). The number of hydrogen-bond donors (Lipinski definition) is 2. The van der Waals surface area contributed by atoms with Crippen LogP contribution in [0.1, 0.15) is 37.5 Å². The number of hydrogen-bond acceptors (Lipinski definition) is 8. The van der Waals surface area contributed by atoms with E-state index in [0.717, 1.165) is 44.0 Å². The van der Waals surface area contributed by atoms with E-state index in [1.807, 2.05) is 30.3 Å². The van der Waals surface area contributed by atoms with Crippen molar-refractivity contribution >= 4 is 28.5 Å². The second kappa shape index (κ2) is 12.5. The van der Waals surface area contributed by atoms with E-state index in [-0.39, 0.29) is 28.6 Å². The number of primary amides is 1. The molecule has 1 aliphatic heterocycles. The third-order valence-corrected chi connectivity index (χ3v) is 7.81. The molecule has 1 aliphatic rings. The number of aromatic nitrogens is 3. The van der Waals surface area contributed by atoms with Gasteiger partial charge < -0.3 is 20.5 Å². The fraction of sp³-hybridized carbons (Fsp3) is 0.206. The molecule has 10 nitrogen and oxygen atoms in total. The van der Waals surface area contributed by atoms with E-state index in [4.69, 9.17) is 15.2 Å². The van der Waals surface area contributed by atoms with Crippen LogP contribution in [0.5, 0.6) is 11.5 Å². The first kappa shape index (κ1) is 28.8. The van der Waals surface area contributed by atoms with Crippen LogP contribution in [0.15, 0.2) is 79.0 Å². The minimum absolute atomic E-state index is 0.0446. The number of benzene rings is 3. The van der Waals surface area contributed by atoms with Gasteiger partial charge in [-0.15, -0.1) is 0 Å². The highest BCUT2D eigenvalue weighted by Crippen LogP contribution is 2.33. The van der Waals surface area contributed by atoms with Crippen LogP contribution in [-0.4, -0.2) is 59.0 Å². The number of nitrogens with zero attached hydrogens (tertiary/aromatic N) is 4. The Labute approximate surface area is 254 Å².